The van der Waals surface area contributed by atoms with E-state index in [1.807, 2.05) is 13.8 Å². The number of hydrogen-bond donors (Lipinski definition) is 3. The molecular formula is C20H36O6. The van der Waals surface area contributed by atoms with Crippen LogP contribution in [0.25, 0.3) is 0 Å². The molecule has 26 heavy (non-hydrogen) atoms. The highest BCUT2D eigenvalue weighted by atomic mass is 16.7. The molecule has 1 rings (SSSR count). The normalized spacial score (nSPS) is 28.0. The van der Waals surface area contributed by atoms with Crippen LogP contribution in [0.2, 0.25) is 0 Å². The van der Waals surface area contributed by atoms with Gasteiger partial charge in [-0.1, -0.05) is 26.2 Å². The summed E-state index contributed by atoms with van der Waals surface area (Å²) in [5.74, 6) is -1.44. The molecule has 0 aromatic rings. The van der Waals surface area contributed by atoms with Crippen LogP contribution in [0, 0.1) is 11.8 Å². The Balaban J connectivity index is 2.94. The maximum Gasteiger partial charge on any atom is 0.303 e. The van der Waals surface area contributed by atoms with Gasteiger partial charge >= 0.3 is 5.97 Å². The van der Waals surface area contributed by atoms with E-state index in [9.17, 15) is 20.1 Å². The Morgan fingerprint density at radius 3 is 2.46 bits per heavy atom. The standard InChI is InChI=1S/C20H36O6/c1-5-7-8-9-10-16(21)13(3)20-15(11-19(23)24)17(22)12-18(20)26-14(4)25-6-2/h14-15,17-18,20-22H,5-12H2,1-4H3,(H,23,24)/t14?,15-,17-,18-,20+/m0/s1. The highest BCUT2D eigenvalue weighted by molar-refractivity contribution is 5.67. The summed E-state index contributed by atoms with van der Waals surface area (Å²) >= 11 is 0. The average molecular weight is 373 g/mol. The quantitative estimate of drug-likeness (QED) is 0.272. The predicted molar refractivity (Wildman–Crippen MR) is 99.9 cm³/mol. The van der Waals surface area contributed by atoms with Crippen molar-refractivity contribution in [1.29, 1.82) is 0 Å². The van der Waals surface area contributed by atoms with Crippen LogP contribution in [0.1, 0.15) is 72.6 Å². The van der Waals surface area contributed by atoms with Gasteiger partial charge in [-0.15, -0.1) is 0 Å². The molecule has 0 aliphatic heterocycles. The smallest absolute Gasteiger partial charge is 0.303 e. The molecule has 0 saturated heterocycles. The molecule has 3 N–H and O–H groups in total. The van der Waals surface area contributed by atoms with Crippen molar-refractivity contribution in [2.24, 2.45) is 11.8 Å². The van der Waals surface area contributed by atoms with Crippen LogP contribution in [0.4, 0.5) is 0 Å². The third-order valence-corrected chi connectivity index (χ3v) is 5.23. The van der Waals surface area contributed by atoms with Gasteiger partial charge in [0.25, 0.3) is 0 Å². The van der Waals surface area contributed by atoms with Crippen LogP contribution in [-0.2, 0) is 14.3 Å². The van der Waals surface area contributed by atoms with Gasteiger partial charge in [-0.05, 0) is 32.8 Å². The first kappa shape index (κ1) is 22.9. The fraction of sp³-hybridized carbons (Fsp3) is 0.850. The second kappa shape index (κ2) is 11.6. The third kappa shape index (κ3) is 6.89. The summed E-state index contributed by atoms with van der Waals surface area (Å²) < 4.78 is 11.4. The van der Waals surface area contributed by atoms with E-state index in [-0.39, 0.29) is 18.4 Å². The Labute approximate surface area is 157 Å². The Hall–Kier alpha value is -1.11. The second-order valence-electron chi connectivity index (χ2n) is 7.23. The Morgan fingerprint density at radius 1 is 1.19 bits per heavy atom. The minimum absolute atomic E-state index is 0.144. The number of aliphatic hydroxyl groups is 2. The zero-order valence-corrected chi connectivity index (χ0v) is 16.6. The minimum atomic E-state index is -0.951. The summed E-state index contributed by atoms with van der Waals surface area (Å²) in [6.45, 7) is 8.15. The number of ether oxygens (including phenoxy) is 2. The number of aliphatic hydroxyl groups excluding tert-OH is 2. The van der Waals surface area contributed by atoms with E-state index in [4.69, 9.17) is 9.47 Å². The van der Waals surface area contributed by atoms with E-state index in [1.54, 1.807) is 6.92 Å². The Kier molecular flexibility index (Phi) is 10.2. The van der Waals surface area contributed by atoms with Gasteiger partial charge in [0.15, 0.2) is 6.29 Å². The summed E-state index contributed by atoms with van der Waals surface area (Å²) in [6.07, 6.45) is 3.42. The van der Waals surface area contributed by atoms with Crippen LogP contribution in [-0.4, -0.2) is 46.4 Å². The molecule has 0 heterocycles. The number of unbranched alkanes of at least 4 members (excludes halogenated alkanes) is 3. The van der Waals surface area contributed by atoms with E-state index in [2.05, 4.69) is 6.92 Å². The molecule has 6 nitrogen and oxygen atoms in total. The average Bonchev–Trinajstić information content (AvgIpc) is 2.85. The van der Waals surface area contributed by atoms with Gasteiger partial charge in [-0.3, -0.25) is 4.79 Å². The number of aliphatic carboxylic acids is 1. The zero-order valence-electron chi connectivity index (χ0n) is 16.6. The van der Waals surface area contributed by atoms with Gasteiger partial charge in [-0.2, -0.15) is 0 Å². The number of carboxylic acid groups (broad SMARTS) is 1. The van der Waals surface area contributed by atoms with Crippen molar-refractivity contribution in [1.82, 2.24) is 0 Å². The van der Waals surface area contributed by atoms with Crippen LogP contribution >= 0.6 is 0 Å². The number of carboxylic acids is 1. The van der Waals surface area contributed by atoms with Crippen molar-refractivity contribution in [3.05, 3.63) is 11.3 Å². The van der Waals surface area contributed by atoms with E-state index in [0.717, 1.165) is 31.3 Å². The van der Waals surface area contributed by atoms with Gasteiger partial charge in [-0.25, -0.2) is 0 Å². The fourth-order valence-corrected chi connectivity index (χ4v) is 3.91. The largest absolute Gasteiger partial charge is 0.512 e. The molecule has 5 atom stereocenters. The van der Waals surface area contributed by atoms with E-state index in [0.29, 0.717) is 25.2 Å². The lowest BCUT2D eigenvalue weighted by Crippen LogP contribution is -2.30. The third-order valence-electron chi connectivity index (χ3n) is 5.23. The first-order valence-electron chi connectivity index (χ1n) is 9.87. The lowest BCUT2D eigenvalue weighted by atomic mass is 9.84. The second-order valence-corrected chi connectivity index (χ2v) is 7.23. The highest BCUT2D eigenvalue weighted by Crippen LogP contribution is 2.42. The molecule has 1 unspecified atom stereocenters. The summed E-state index contributed by atoms with van der Waals surface area (Å²) in [5, 5.41) is 30.2. The van der Waals surface area contributed by atoms with Crippen LogP contribution in [0.5, 0.6) is 0 Å². The Morgan fingerprint density at radius 2 is 1.88 bits per heavy atom. The van der Waals surface area contributed by atoms with Gasteiger partial charge in [0.05, 0.1) is 24.4 Å². The van der Waals surface area contributed by atoms with Crippen LogP contribution in [0.3, 0.4) is 0 Å². The van der Waals surface area contributed by atoms with E-state index in [1.165, 1.54) is 0 Å². The molecule has 0 aromatic carbocycles. The van der Waals surface area contributed by atoms with Gasteiger partial charge in [0, 0.05) is 31.3 Å². The summed E-state index contributed by atoms with van der Waals surface area (Å²) in [4.78, 5) is 11.3. The molecule has 0 amide bonds. The number of hydrogen-bond acceptors (Lipinski definition) is 5. The molecule has 0 radical (unpaired) electrons. The fourth-order valence-electron chi connectivity index (χ4n) is 3.91. The van der Waals surface area contributed by atoms with Gasteiger partial charge in [0.1, 0.15) is 0 Å². The topological polar surface area (TPSA) is 96.2 Å². The maximum atomic E-state index is 11.3. The van der Waals surface area contributed by atoms with Crippen LogP contribution < -0.4 is 0 Å². The highest BCUT2D eigenvalue weighted by Gasteiger charge is 2.46. The first-order chi connectivity index (χ1) is 12.3. The van der Waals surface area contributed by atoms with Crippen molar-refractivity contribution in [2.45, 2.75) is 91.1 Å². The Bertz CT molecular complexity index is 461. The van der Waals surface area contributed by atoms with Crippen molar-refractivity contribution in [2.75, 3.05) is 6.61 Å². The molecule has 152 valence electrons. The molecule has 1 saturated carbocycles. The zero-order chi connectivity index (χ0) is 19.7. The minimum Gasteiger partial charge on any atom is -0.512 e. The molecule has 0 aromatic heterocycles. The first-order valence-corrected chi connectivity index (χ1v) is 9.87. The molecule has 6 heteroatoms. The van der Waals surface area contributed by atoms with Gasteiger partial charge in [0.2, 0.25) is 0 Å². The monoisotopic (exact) mass is 372 g/mol. The van der Waals surface area contributed by atoms with E-state index < -0.39 is 24.3 Å². The lowest BCUT2D eigenvalue weighted by molar-refractivity contribution is -0.164. The molecule has 1 aliphatic carbocycles. The molecule has 1 fully saturated rings. The molecular weight excluding hydrogens is 336 g/mol. The van der Waals surface area contributed by atoms with E-state index >= 15 is 0 Å². The SMILES string of the molecule is CCCCCCC(O)=C(C)[C@@H]1[C@@H](CC(=O)O)[C@@H](O)C[C@@H]1OC(C)OCC. The van der Waals surface area contributed by atoms with Gasteiger partial charge < -0.3 is 24.8 Å². The summed E-state index contributed by atoms with van der Waals surface area (Å²) in [6, 6.07) is 0. The number of carbonyl (C=O) groups is 1. The van der Waals surface area contributed by atoms with Crippen molar-refractivity contribution >= 4 is 5.97 Å². The molecule has 0 bridgehead atoms. The van der Waals surface area contributed by atoms with Crippen LogP contribution in [0.15, 0.2) is 11.3 Å². The molecule has 1 aliphatic rings. The summed E-state index contributed by atoms with van der Waals surface area (Å²) in [7, 11) is 0. The predicted octanol–water partition coefficient (Wildman–Crippen LogP) is 4.03. The van der Waals surface area contributed by atoms with Crippen molar-refractivity contribution in [3.8, 4) is 0 Å². The number of allylic oxidation sites excluding steroid dienone is 1. The maximum absolute atomic E-state index is 11.3. The molecule has 0 spiro atoms. The lowest BCUT2D eigenvalue weighted by Gasteiger charge is -2.28. The van der Waals surface area contributed by atoms with Crippen molar-refractivity contribution in [3.63, 3.8) is 0 Å². The summed E-state index contributed by atoms with van der Waals surface area (Å²) in [5.41, 5.74) is 0.734. The number of rotatable bonds is 12. The van der Waals surface area contributed by atoms with Crippen molar-refractivity contribution < 1.29 is 29.6 Å².